The maximum atomic E-state index is 6.58. The van der Waals surface area contributed by atoms with Crippen LogP contribution in [0.4, 0.5) is 0 Å². The van der Waals surface area contributed by atoms with Gasteiger partial charge in [0.15, 0.2) is 0 Å². The van der Waals surface area contributed by atoms with Crippen LogP contribution in [0.3, 0.4) is 0 Å². The third-order valence-corrected chi connectivity index (χ3v) is 7.90. The van der Waals surface area contributed by atoms with Crippen LogP contribution in [-0.4, -0.2) is 0 Å². The topological polar surface area (TPSA) is 0 Å². The molecule has 0 saturated carbocycles. The van der Waals surface area contributed by atoms with Crippen LogP contribution in [0.2, 0.25) is 10.0 Å². The molecule has 1 aliphatic carbocycles. The molecule has 0 radical (unpaired) electrons. The fourth-order valence-corrected chi connectivity index (χ4v) is 6.52. The standard InChI is InChI=1S/C21H13Cl2P/c22-14-3-7-16(8-4-14)24-15-5-1-13(2-6-15)17-9-10-18-20(24)12-11-19(23)21(17)18/h1-12,17H. The van der Waals surface area contributed by atoms with Crippen molar-refractivity contribution in [1.82, 2.24) is 0 Å². The van der Waals surface area contributed by atoms with Crippen molar-refractivity contribution < 1.29 is 0 Å². The number of allylic oxidation sites excluding steroid dienone is 1. The van der Waals surface area contributed by atoms with E-state index in [1.165, 1.54) is 32.6 Å². The first-order valence-corrected chi connectivity index (χ1v) is 9.98. The summed E-state index contributed by atoms with van der Waals surface area (Å²) in [4.78, 5) is 0. The Morgan fingerprint density at radius 3 is 2.12 bits per heavy atom. The van der Waals surface area contributed by atoms with E-state index < -0.39 is 7.92 Å². The second kappa shape index (κ2) is 5.46. The molecular weight excluding hydrogens is 354 g/mol. The molecule has 2 heterocycles. The molecule has 24 heavy (non-hydrogen) atoms. The zero-order valence-electron chi connectivity index (χ0n) is 12.7. The summed E-state index contributed by atoms with van der Waals surface area (Å²) in [5.74, 6) is 0.265. The molecule has 3 aromatic rings. The van der Waals surface area contributed by atoms with Crippen LogP contribution < -0.4 is 15.9 Å². The minimum absolute atomic E-state index is 0.265. The predicted octanol–water partition coefficient (Wildman–Crippen LogP) is 5.22. The summed E-state index contributed by atoms with van der Waals surface area (Å²) in [6, 6.07) is 21.6. The average molecular weight is 367 g/mol. The lowest BCUT2D eigenvalue weighted by atomic mass is 9.93. The molecule has 2 atom stereocenters. The van der Waals surface area contributed by atoms with Gasteiger partial charge >= 0.3 is 0 Å². The lowest BCUT2D eigenvalue weighted by molar-refractivity contribution is 1.05. The van der Waals surface area contributed by atoms with E-state index in [2.05, 4.69) is 60.7 Å². The van der Waals surface area contributed by atoms with Crippen molar-refractivity contribution in [2.75, 3.05) is 0 Å². The number of hydrogen-bond acceptors (Lipinski definition) is 0. The Hall–Kier alpha value is -1.59. The molecular formula is C21H13Cl2P. The molecule has 0 N–H and O–H groups in total. The minimum atomic E-state index is -0.622. The zero-order valence-corrected chi connectivity index (χ0v) is 15.1. The van der Waals surface area contributed by atoms with Crippen LogP contribution in [0.25, 0.3) is 6.08 Å². The Bertz CT molecular complexity index is 972. The predicted molar refractivity (Wildman–Crippen MR) is 106 cm³/mol. The van der Waals surface area contributed by atoms with Crippen molar-refractivity contribution in [3.63, 3.8) is 0 Å². The van der Waals surface area contributed by atoms with E-state index in [0.717, 1.165) is 10.0 Å². The van der Waals surface area contributed by atoms with E-state index in [9.17, 15) is 0 Å². The number of benzene rings is 3. The van der Waals surface area contributed by atoms with Gasteiger partial charge in [-0.25, -0.2) is 0 Å². The second-order valence-corrected chi connectivity index (χ2v) is 9.16. The van der Waals surface area contributed by atoms with E-state index in [4.69, 9.17) is 23.2 Å². The van der Waals surface area contributed by atoms with E-state index in [1.54, 1.807) is 0 Å². The third-order valence-electron chi connectivity index (χ3n) is 4.81. The third kappa shape index (κ3) is 2.11. The van der Waals surface area contributed by atoms with Crippen LogP contribution in [0.15, 0.2) is 66.7 Å². The van der Waals surface area contributed by atoms with E-state index in [-0.39, 0.29) is 5.92 Å². The van der Waals surface area contributed by atoms with Crippen LogP contribution in [0.5, 0.6) is 0 Å². The summed E-state index contributed by atoms with van der Waals surface area (Å²) in [5, 5.41) is 5.68. The van der Waals surface area contributed by atoms with Gasteiger partial charge in [0.05, 0.1) is 0 Å². The monoisotopic (exact) mass is 366 g/mol. The summed E-state index contributed by atoms with van der Waals surface area (Å²) in [5.41, 5.74) is 3.86. The summed E-state index contributed by atoms with van der Waals surface area (Å²) in [6.07, 6.45) is 4.53. The van der Waals surface area contributed by atoms with Gasteiger partial charge in [-0.05, 0) is 58.7 Å². The van der Waals surface area contributed by atoms with Gasteiger partial charge in [0, 0.05) is 16.0 Å². The molecule has 0 saturated heterocycles. The number of fused-ring (bicyclic) bond motifs is 2. The highest BCUT2D eigenvalue weighted by molar-refractivity contribution is 7.80. The highest BCUT2D eigenvalue weighted by Gasteiger charge is 2.30. The van der Waals surface area contributed by atoms with E-state index in [0.29, 0.717) is 0 Å². The van der Waals surface area contributed by atoms with Crippen LogP contribution in [-0.2, 0) is 0 Å². The van der Waals surface area contributed by atoms with Crippen molar-refractivity contribution >= 4 is 53.1 Å². The molecule has 0 nitrogen and oxygen atoms in total. The van der Waals surface area contributed by atoms with Gasteiger partial charge in [-0.1, -0.05) is 77.8 Å². The lowest BCUT2D eigenvalue weighted by Gasteiger charge is -2.21. The van der Waals surface area contributed by atoms with Crippen molar-refractivity contribution in [3.05, 3.63) is 93.5 Å². The van der Waals surface area contributed by atoms with Gasteiger partial charge in [0.1, 0.15) is 0 Å². The Morgan fingerprint density at radius 1 is 0.750 bits per heavy atom. The van der Waals surface area contributed by atoms with Crippen LogP contribution in [0.1, 0.15) is 22.6 Å². The molecule has 3 aliphatic rings. The Labute approximate surface area is 152 Å². The maximum absolute atomic E-state index is 6.58. The summed E-state index contributed by atoms with van der Waals surface area (Å²) in [6.45, 7) is 0. The van der Waals surface area contributed by atoms with Crippen LogP contribution >= 0.6 is 31.1 Å². The molecule has 3 heteroatoms. The van der Waals surface area contributed by atoms with Gasteiger partial charge in [0.2, 0.25) is 0 Å². The van der Waals surface area contributed by atoms with Crippen molar-refractivity contribution in [2.45, 2.75) is 5.92 Å². The average Bonchev–Trinajstić information content (AvgIpc) is 3.07. The van der Waals surface area contributed by atoms with E-state index in [1.807, 2.05) is 12.1 Å². The first kappa shape index (κ1) is 14.7. The SMILES string of the molecule is Clc1ccc(P2c3ccc(cc3)C3C=Cc4c2ccc(Cl)c43)cc1. The quantitative estimate of drug-likeness (QED) is 0.517. The number of halogens is 2. The number of hydrogen-bond donors (Lipinski definition) is 0. The zero-order chi connectivity index (χ0) is 16.3. The molecule has 6 rings (SSSR count). The van der Waals surface area contributed by atoms with Gasteiger partial charge in [-0.3, -0.25) is 0 Å². The molecule has 0 spiro atoms. The van der Waals surface area contributed by atoms with Gasteiger partial charge < -0.3 is 0 Å². The van der Waals surface area contributed by atoms with Gasteiger partial charge in [0.25, 0.3) is 0 Å². The highest BCUT2D eigenvalue weighted by Crippen LogP contribution is 2.45. The second-order valence-electron chi connectivity index (χ2n) is 6.13. The maximum Gasteiger partial charge on any atom is 0.0453 e. The largest absolute Gasteiger partial charge is 0.0843 e. The van der Waals surface area contributed by atoms with Gasteiger partial charge in [-0.2, -0.15) is 0 Å². The Balaban J connectivity index is 1.85. The highest BCUT2D eigenvalue weighted by atomic mass is 35.5. The fraction of sp³-hybridized carbons (Fsp3) is 0.0476. The first-order chi connectivity index (χ1) is 11.7. The Kier molecular flexibility index (Phi) is 3.35. The molecule has 116 valence electrons. The molecule has 0 amide bonds. The lowest BCUT2D eigenvalue weighted by Crippen LogP contribution is -2.22. The first-order valence-electron chi connectivity index (χ1n) is 7.88. The van der Waals surface area contributed by atoms with E-state index >= 15 is 0 Å². The summed E-state index contributed by atoms with van der Waals surface area (Å²) in [7, 11) is -0.622. The number of rotatable bonds is 1. The van der Waals surface area contributed by atoms with Gasteiger partial charge in [-0.15, -0.1) is 0 Å². The normalized spacial score (nSPS) is 19.9. The smallest absolute Gasteiger partial charge is 0.0453 e. The molecule has 2 unspecified atom stereocenters. The molecule has 3 aromatic carbocycles. The molecule has 6 bridgehead atoms. The summed E-state index contributed by atoms with van der Waals surface area (Å²) >= 11 is 12.7. The minimum Gasteiger partial charge on any atom is -0.0843 e. The molecule has 2 aliphatic heterocycles. The summed E-state index contributed by atoms with van der Waals surface area (Å²) < 4.78 is 0. The Morgan fingerprint density at radius 2 is 1.42 bits per heavy atom. The fourth-order valence-electron chi connectivity index (χ4n) is 3.70. The van der Waals surface area contributed by atoms with Crippen molar-refractivity contribution in [3.8, 4) is 0 Å². The molecule has 0 fully saturated rings. The van der Waals surface area contributed by atoms with Crippen molar-refractivity contribution in [1.29, 1.82) is 0 Å². The van der Waals surface area contributed by atoms with Crippen molar-refractivity contribution in [2.24, 2.45) is 0 Å². The van der Waals surface area contributed by atoms with Crippen LogP contribution in [0, 0.1) is 0 Å². The molecule has 0 aromatic heterocycles.